The average molecular weight is 393 g/mol. The summed E-state index contributed by atoms with van der Waals surface area (Å²) in [4.78, 5) is 16.4. The van der Waals surface area contributed by atoms with Crippen LogP contribution in [-0.2, 0) is 6.42 Å². The van der Waals surface area contributed by atoms with E-state index in [2.05, 4.69) is 52.0 Å². The van der Waals surface area contributed by atoms with E-state index in [-0.39, 0.29) is 11.9 Å². The number of carbonyl (C=O) groups is 1. The maximum atomic E-state index is 12.7. The number of amides is 1. The molecule has 2 heterocycles. The van der Waals surface area contributed by atoms with Gasteiger partial charge in [-0.1, -0.05) is 24.3 Å². The molecule has 0 spiro atoms. The molecule has 0 radical (unpaired) electrons. The molecule has 0 unspecified atom stereocenters. The lowest BCUT2D eigenvalue weighted by atomic mass is 10.1. The first kappa shape index (κ1) is 18.6. The maximum Gasteiger partial charge on any atom is 0.251 e. The maximum absolute atomic E-state index is 12.7. The van der Waals surface area contributed by atoms with Gasteiger partial charge in [-0.15, -0.1) is 11.3 Å². The van der Waals surface area contributed by atoms with Gasteiger partial charge >= 0.3 is 0 Å². The zero-order valence-corrected chi connectivity index (χ0v) is 16.7. The number of para-hydroxylation sites is 1. The van der Waals surface area contributed by atoms with E-state index in [1.54, 1.807) is 11.3 Å². The molecule has 0 fully saturated rings. The van der Waals surface area contributed by atoms with Crippen LogP contribution in [0.4, 0.5) is 5.69 Å². The Bertz CT molecular complexity index is 922. The van der Waals surface area contributed by atoms with Crippen LogP contribution in [0.3, 0.4) is 0 Å². The minimum atomic E-state index is -0.0583. The number of nitrogens with zero attached hydrogens (tertiary/aromatic N) is 1. The summed E-state index contributed by atoms with van der Waals surface area (Å²) < 4.78 is 5.45. The van der Waals surface area contributed by atoms with Gasteiger partial charge in [-0.3, -0.25) is 4.79 Å². The number of anilines is 1. The van der Waals surface area contributed by atoms with Crippen molar-refractivity contribution < 1.29 is 9.53 Å². The number of fused-ring (bicyclic) bond motifs is 1. The van der Waals surface area contributed by atoms with Gasteiger partial charge in [0.25, 0.3) is 5.91 Å². The highest BCUT2D eigenvalue weighted by Crippen LogP contribution is 2.36. The standard InChI is InChI=1S/C23H24N2O2S/c1-2-27-19-11-9-18(10-12-19)23(26)24-16-21(22-8-5-15-28-22)25-14-13-17-6-3-4-7-20(17)25/h3-12,15,21H,2,13-14,16H2,1H3,(H,24,26)/t21-/m0/s1. The van der Waals surface area contributed by atoms with Gasteiger partial charge in [0.15, 0.2) is 0 Å². The fourth-order valence-electron chi connectivity index (χ4n) is 3.69. The summed E-state index contributed by atoms with van der Waals surface area (Å²) in [7, 11) is 0. The van der Waals surface area contributed by atoms with Crippen molar-refractivity contribution in [1.82, 2.24) is 5.32 Å². The van der Waals surface area contributed by atoms with Gasteiger partial charge in [0.2, 0.25) is 0 Å². The third kappa shape index (κ3) is 3.90. The molecule has 0 saturated carbocycles. The third-order valence-electron chi connectivity index (χ3n) is 5.05. The Hall–Kier alpha value is -2.79. The zero-order chi connectivity index (χ0) is 19.3. The third-order valence-corrected chi connectivity index (χ3v) is 6.03. The average Bonchev–Trinajstić information content (AvgIpc) is 3.40. The first-order valence-electron chi connectivity index (χ1n) is 9.65. The molecule has 2 aromatic carbocycles. The predicted molar refractivity (Wildman–Crippen MR) is 114 cm³/mol. The van der Waals surface area contributed by atoms with Crippen molar-refractivity contribution in [2.75, 3.05) is 24.6 Å². The molecule has 0 saturated heterocycles. The highest BCUT2D eigenvalue weighted by atomic mass is 32.1. The number of carbonyl (C=O) groups excluding carboxylic acids is 1. The van der Waals surface area contributed by atoms with Crippen molar-refractivity contribution in [3.05, 3.63) is 82.0 Å². The highest BCUT2D eigenvalue weighted by Gasteiger charge is 2.28. The van der Waals surface area contributed by atoms with Gasteiger partial charge in [-0.2, -0.15) is 0 Å². The van der Waals surface area contributed by atoms with Crippen molar-refractivity contribution >= 4 is 22.9 Å². The van der Waals surface area contributed by atoms with Crippen molar-refractivity contribution in [3.63, 3.8) is 0 Å². The quantitative estimate of drug-likeness (QED) is 0.635. The van der Waals surface area contributed by atoms with Crippen LogP contribution in [0.25, 0.3) is 0 Å². The van der Waals surface area contributed by atoms with Gasteiger partial charge in [0.1, 0.15) is 5.75 Å². The summed E-state index contributed by atoms with van der Waals surface area (Å²) >= 11 is 1.74. The van der Waals surface area contributed by atoms with Crippen LogP contribution in [-0.4, -0.2) is 25.6 Å². The second-order valence-electron chi connectivity index (χ2n) is 6.77. The minimum absolute atomic E-state index is 0.0583. The highest BCUT2D eigenvalue weighted by molar-refractivity contribution is 7.10. The minimum Gasteiger partial charge on any atom is -0.494 e. The van der Waals surface area contributed by atoms with Gasteiger partial charge in [0.05, 0.1) is 12.6 Å². The fraction of sp³-hybridized carbons (Fsp3) is 0.261. The summed E-state index contributed by atoms with van der Waals surface area (Å²) in [6, 6.07) is 20.2. The van der Waals surface area contributed by atoms with Gasteiger partial charge in [-0.25, -0.2) is 0 Å². The van der Waals surface area contributed by atoms with Gasteiger partial charge < -0.3 is 15.0 Å². The second kappa shape index (κ2) is 8.48. The van der Waals surface area contributed by atoms with Crippen LogP contribution in [0.15, 0.2) is 66.0 Å². The molecule has 3 aromatic rings. The Kier molecular flexibility index (Phi) is 5.63. The smallest absolute Gasteiger partial charge is 0.251 e. The molecule has 144 valence electrons. The number of hydrogen-bond donors (Lipinski definition) is 1. The van der Waals surface area contributed by atoms with E-state index in [0.717, 1.165) is 18.7 Å². The molecule has 0 aliphatic carbocycles. The van der Waals surface area contributed by atoms with E-state index in [9.17, 15) is 4.79 Å². The largest absolute Gasteiger partial charge is 0.494 e. The molecule has 4 rings (SSSR count). The number of rotatable bonds is 7. The monoisotopic (exact) mass is 392 g/mol. The summed E-state index contributed by atoms with van der Waals surface area (Å²) in [5.74, 6) is 0.723. The first-order chi connectivity index (χ1) is 13.8. The molecular weight excluding hydrogens is 368 g/mol. The van der Waals surface area contributed by atoms with Crippen molar-refractivity contribution in [1.29, 1.82) is 0 Å². The van der Waals surface area contributed by atoms with Crippen LogP contribution in [0.1, 0.15) is 33.8 Å². The molecule has 0 bridgehead atoms. The Morgan fingerprint density at radius 3 is 2.71 bits per heavy atom. The lowest BCUT2D eigenvalue weighted by Gasteiger charge is -2.30. The van der Waals surface area contributed by atoms with E-state index in [0.29, 0.717) is 18.7 Å². The molecule has 1 aliphatic rings. The Labute approximate surface area is 169 Å². The van der Waals surface area contributed by atoms with Crippen LogP contribution >= 0.6 is 11.3 Å². The number of hydrogen-bond acceptors (Lipinski definition) is 4. The van der Waals surface area contributed by atoms with E-state index >= 15 is 0 Å². The molecule has 1 amide bonds. The van der Waals surface area contributed by atoms with Gasteiger partial charge in [0, 0.05) is 29.2 Å². The number of thiophene rings is 1. The molecule has 1 aromatic heterocycles. The molecular formula is C23H24N2O2S. The van der Waals surface area contributed by atoms with Crippen LogP contribution in [0, 0.1) is 0 Å². The van der Waals surface area contributed by atoms with Crippen molar-refractivity contribution in [2.45, 2.75) is 19.4 Å². The summed E-state index contributed by atoms with van der Waals surface area (Å²) in [6.45, 7) is 4.11. The Balaban J connectivity index is 1.49. The molecule has 5 heteroatoms. The van der Waals surface area contributed by atoms with E-state index < -0.39 is 0 Å². The van der Waals surface area contributed by atoms with Crippen LogP contribution in [0.5, 0.6) is 5.75 Å². The molecule has 1 N–H and O–H groups in total. The van der Waals surface area contributed by atoms with Crippen molar-refractivity contribution in [2.24, 2.45) is 0 Å². The predicted octanol–water partition coefficient (Wildman–Crippen LogP) is 4.68. The number of nitrogens with one attached hydrogen (secondary N) is 1. The summed E-state index contributed by atoms with van der Waals surface area (Å²) in [5.41, 5.74) is 3.30. The number of ether oxygens (including phenoxy) is 1. The summed E-state index contributed by atoms with van der Waals surface area (Å²) in [6.07, 6.45) is 1.05. The van der Waals surface area contributed by atoms with E-state index in [4.69, 9.17) is 4.74 Å². The normalized spacial score (nSPS) is 13.8. The lowest BCUT2D eigenvalue weighted by molar-refractivity contribution is 0.0951. The second-order valence-corrected chi connectivity index (χ2v) is 7.75. The Morgan fingerprint density at radius 2 is 1.96 bits per heavy atom. The zero-order valence-electron chi connectivity index (χ0n) is 15.9. The first-order valence-corrected chi connectivity index (χ1v) is 10.5. The van der Waals surface area contributed by atoms with E-state index in [1.165, 1.54) is 16.1 Å². The summed E-state index contributed by atoms with van der Waals surface area (Å²) in [5, 5.41) is 5.23. The van der Waals surface area contributed by atoms with Crippen LogP contribution < -0.4 is 15.0 Å². The topological polar surface area (TPSA) is 41.6 Å². The number of benzene rings is 2. The lowest BCUT2D eigenvalue weighted by Crippen LogP contribution is -2.37. The van der Waals surface area contributed by atoms with Crippen LogP contribution in [0.2, 0.25) is 0 Å². The van der Waals surface area contributed by atoms with Crippen molar-refractivity contribution in [3.8, 4) is 5.75 Å². The molecule has 1 atom stereocenters. The SMILES string of the molecule is CCOc1ccc(C(=O)NC[C@@H](c2cccs2)N2CCc3ccccc32)cc1. The van der Waals surface area contributed by atoms with Gasteiger partial charge in [-0.05, 0) is 60.7 Å². The molecule has 4 nitrogen and oxygen atoms in total. The Morgan fingerprint density at radius 1 is 1.14 bits per heavy atom. The molecule has 28 heavy (non-hydrogen) atoms. The van der Waals surface area contributed by atoms with E-state index in [1.807, 2.05) is 31.2 Å². The fourth-order valence-corrected chi connectivity index (χ4v) is 4.53. The molecule has 1 aliphatic heterocycles.